The van der Waals surface area contributed by atoms with E-state index in [0.717, 1.165) is 23.3 Å². The molecule has 0 amide bonds. The molecule has 162 valence electrons. The third-order valence-corrected chi connectivity index (χ3v) is 5.20. The molecule has 0 unspecified atom stereocenters. The highest BCUT2D eigenvalue weighted by Gasteiger charge is 2.43. The van der Waals surface area contributed by atoms with Gasteiger partial charge in [-0.15, -0.1) is 0 Å². The molecule has 1 fully saturated rings. The number of nitrogens with zero attached hydrogens (tertiary/aromatic N) is 1. The monoisotopic (exact) mass is 415 g/mol. The summed E-state index contributed by atoms with van der Waals surface area (Å²) in [5, 5.41) is 39.7. The van der Waals surface area contributed by atoms with Crippen molar-refractivity contribution >= 4 is 6.21 Å². The van der Waals surface area contributed by atoms with Crippen molar-refractivity contribution in [1.82, 2.24) is 0 Å². The Kier molecular flexibility index (Phi) is 7.95. The van der Waals surface area contributed by atoms with Crippen LogP contribution < -0.4 is 4.74 Å². The Morgan fingerprint density at radius 1 is 1.00 bits per heavy atom. The SMILES string of the molecule is C/N=C/CCOc1ccc(Cc2cccc([C@@H]3O[C@H](CO)[C@@H](O)[C@H](O)[C@H]3O)c2)cc1. The van der Waals surface area contributed by atoms with Crippen LogP contribution in [0.15, 0.2) is 53.5 Å². The molecule has 7 nitrogen and oxygen atoms in total. The quantitative estimate of drug-likeness (QED) is 0.382. The van der Waals surface area contributed by atoms with Crippen molar-refractivity contribution in [3.63, 3.8) is 0 Å². The molecule has 0 saturated carbocycles. The van der Waals surface area contributed by atoms with E-state index in [0.29, 0.717) is 18.6 Å². The zero-order valence-electron chi connectivity index (χ0n) is 17.0. The van der Waals surface area contributed by atoms with Crippen molar-refractivity contribution < 1.29 is 29.9 Å². The van der Waals surface area contributed by atoms with Gasteiger partial charge in [0.05, 0.1) is 13.2 Å². The molecule has 1 aliphatic rings. The predicted octanol–water partition coefficient (Wildman–Crippen LogP) is 1.26. The molecule has 0 bridgehead atoms. The third-order valence-electron chi connectivity index (χ3n) is 5.20. The summed E-state index contributed by atoms with van der Waals surface area (Å²) >= 11 is 0. The summed E-state index contributed by atoms with van der Waals surface area (Å²) in [5.41, 5.74) is 2.79. The molecule has 0 radical (unpaired) electrons. The van der Waals surface area contributed by atoms with Gasteiger partial charge in [0.1, 0.15) is 36.3 Å². The van der Waals surface area contributed by atoms with Crippen molar-refractivity contribution in [2.75, 3.05) is 20.3 Å². The minimum atomic E-state index is -1.39. The van der Waals surface area contributed by atoms with Gasteiger partial charge in [-0.05, 0) is 35.2 Å². The van der Waals surface area contributed by atoms with Gasteiger partial charge >= 0.3 is 0 Å². The second kappa shape index (κ2) is 10.7. The zero-order chi connectivity index (χ0) is 21.5. The smallest absolute Gasteiger partial charge is 0.119 e. The number of aliphatic imine (C=N–C) groups is 1. The number of hydrogen-bond acceptors (Lipinski definition) is 7. The molecular weight excluding hydrogens is 386 g/mol. The van der Waals surface area contributed by atoms with Crippen molar-refractivity contribution in [3.05, 3.63) is 65.2 Å². The molecule has 7 heteroatoms. The lowest BCUT2D eigenvalue weighted by Crippen LogP contribution is -2.55. The summed E-state index contributed by atoms with van der Waals surface area (Å²) < 4.78 is 11.3. The van der Waals surface area contributed by atoms with E-state index in [1.165, 1.54) is 0 Å². The lowest BCUT2D eigenvalue weighted by atomic mass is 9.90. The average molecular weight is 415 g/mol. The van der Waals surface area contributed by atoms with Crippen LogP contribution in [0.3, 0.4) is 0 Å². The van der Waals surface area contributed by atoms with Gasteiger partial charge in [-0.3, -0.25) is 0 Å². The third kappa shape index (κ3) is 5.44. The molecular formula is C23H29NO6. The van der Waals surface area contributed by atoms with E-state index < -0.39 is 37.1 Å². The number of ether oxygens (including phenoxy) is 2. The molecule has 1 saturated heterocycles. The van der Waals surface area contributed by atoms with Crippen LogP contribution in [-0.4, -0.2) is 71.3 Å². The predicted molar refractivity (Wildman–Crippen MR) is 113 cm³/mol. The van der Waals surface area contributed by atoms with Gasteiger partial charge in [0, 0.05) is 19.7 Å². The lowest BCUT2D eigenvalue weighted by molar-refractivity contribution is -0.231. The number of benzene rings is 2. The molecule has 3 rings (SSSR count). The second-order valence-corrected chi connectivity index (χ2v) is 7.39. The summed E-state index contributed by atoms with van der Waals surface area (Å²) in [6.45, 7) is 0.138. The second-order valence-electron chi connectivity index (χ2n) is 7.39. The molecule has 2 aromatic rings. The van der Waals surface area contributed by atoms with E-state index in [-0.39, 0.29) is 0 Å². The van der Waals surface area contributed by atoms with E-state index in [2.05, 4.69) is 4.99 Å². The van der Waals surface area contributed by atoms with E-state index in [1.807, 2.05) is 48.7 Å². The Bertz CT molecular complexity index is 823. The number of hydrogen-bond donors (Lipinski definition) is 4. The van der Waals surface area contributed by atoms with Crippen LogP contribution in [0.4, 0.5) is 0 Å². The first-order valence-electron chi connectivity index (χ1n) is 10.0. The Morgan fingerprint density at radius 2 is 1.77 bits per heavy atom. The fraction of sp³-hybridized carbons (Fsp3) is 0.435. The average Bonchev–Trinajstić information content (AvgIpc) is 2.77. The summed E-state index contributed by atoms with van der Waals surface area (Å²) in [5.74, 6) is 0.804. The topological polar surface area (TPSA) is 112 Å². The summed E-state index contributed by atoms with van der Waals surface area (Å²) in [6, 6.07) is 15.4. The Balaban J connectivity index is 1.67. The largest absolute Gasteiger partial charge is 0.493 e. The first-order chi connectivity index (χ1) is 14.5. The van der Waals surface area contributed by atoms with Crippen LogP contribution in [0.25, 0.3) is 0 Å². The fourth-order valence-electron chi connectivity index (χ4n) is 3.55. The standard InChI is InChI=1S/C23H29NO6/c1-24-10-3-11-29-18-8-6-15(7-9-18)12-16-4-2-5-17(13-16)23-22(28)21(27)20(26)19(14-25)30-23/h2,4-10,13,19-23,25-28H,3,11-12,14H2,1H3/b24-10+/t19-,20-,21+,22-,23+/m1/s1. The van der Waals surface area contributed by atoms with Crippen LogP contribution >= 0.6 is 0 Å². The fourth-order valence-corrected chi connectivity index (χ4v) is 3.55. The normalized spacial score (nSPS) is 26.8. The maximum atomic E-state index is 10.4. The molecule has 0 aliphatic carbocycles. The van der Waals surface area contributed by atoms with E-state index in [4.69, 9.17) is 9.47 Å². The Labute approximate surface area is 176 Å². The number of rotatable bonds is 8. The van der Waals surface area contributed by atoms with Crippen LogP contribution in [0, 0.1) is 0 Å². The Morgan fingerprint density at radius 3 is 2.47 bits per heavy atom. The van der Waals surface area contributed by atoms with E-state index >= 15 is 0 Å². The van der Waals surface area contributed by atoms with E-state index in [9.17, 15) is 20.4 Å². The van der Waals surface area contributed by atoms with Gasteiger partial charge in [-0.2, -0.15) is 0 Å². The Hall–Kier alpha value is -2.29. The van der Waals surface area contributed by atoms with Gasteiger partial charge in [0.15, 0.2) is 0 Å². The van der Waals surface area contributed by atoms with Crippen LogP contribution in [0.2, 0.25) is 0 Å². The first kappa shape index (κ1) is 22.4. The minimum absolute atomic E-state index is 0.444. The summed E-state index contributed by atoms with van der Waals surface area (Å²) in [7, 11) is 1.74. The molecule has 0 spiro atoms. The van der Waals surface area contributed by atoms with Crippen LogP contribution in [0.5, 0.6) is 5.75 Å². The maximum Gasteiger partial charge on any atom is 0.119 e. The van der Waals surface area contributed by atoms with Crippen molar-refractivity contribution in [2.24, 2.45) is 4.99 Å². The van der Waals surface area contributed by atoms with Gasteiger partial charge in [0.25, 0.3) is 0 Å². The molecule has 30 heavy (non-hydrogen) atoms. The highest BCUT2D eigenvalue weighted by atomic mass is 16.5. The number of aliphatic hydroxyl groups excluding tert-OH is 4. The van der Waals surface area contributed by atoms with Gasteiger partial charge in [0.2, 0.25) is 0 Å². The van der Waals surface area contributed by atoms with Gasteiger partial charge in [-0.25, -0.2) is 0 Å². The van der Waals surface area contributed by atoms with Gasteiger partial charge in [-0.1, -0.05) is 36.4 Å². The molecule has 4 N–H and O–H groups in total. The minimum Gasteiger partial charge on any atom is -0.493 e. The zero-order valence-corrected chi connectivity index (χ0v) is 17.0. The number of aliphatic hydroxyl groups is 4. The molecule has 5 atom stereocenters. The van der Waals surface area contributed by atoms with E-state index in [1.54, 1.807) is 13.1 Å². The molecule has 1 heterocycles. The lowest BCUT2D eigenvalue weighted by Gasteiger charge is -2.40. The maximum absolute atomic E-state index is 10.4. The highest BCUT2D eigenvalue weighted by Crippen LogP contribution is 2.33. The van der Waals surface area contributed by atoms with Crippen LogP contribution in [-0.2, 0) is 11.2 Å². The van der Waals surface area contributed by atoms with Crippen molar-refractivity contribution in [2.45, 2.75) is 43.4 Å². The van der Waals surface area contributed by atoms with Crippen LogP contribution in [0.1, 0.15) is 29.2 Å². The van der Waals surface area contributed by atoms with Gasteiger partial charge < -0.3 is 34.9 Å². The van der Waals surface area contributed by atoms with Crippen molar-refractivity contribution in [1.29, 1.82) is 0 Å². The summed E-state index contributed by atoms with van der Waals surface area (Å²) in [4.78, 5) is 3.92. The summed E-state index contributed by atoms with van der Waals surface area (Å²) in [6.07, 6.45) is -2.53. The molecule has 1 aliphatic heterocycles. The van der Waals surface area contributed by atoms with Crippen molar-refractivity contribution in [3.8, 4) is 5.75 Å². The highest BCUT2D eigenvalue weighted by molar-refractivity contribution is 5.56. The molecule has 2 aromatic carbocycles. The first-order valence-corrected chi connectivity index (χ1v) is 10.0. The molecule has 0 aromatic heterocycles.